The summed E-state index contributed by atoms with van der Waals surface area (Å²) in [5.74, 6) is -0.438. The lowest BCUT2D eigenvalue weighted by atomic mass is 9.99. The van der Waals surface area contributed by atoms with Gasteiger partial charge in [0.1, 0.15) is 0 Å². The number of benzene rings is 2. The van der Waals surface area contributed by atoms with Crippen LogP contribution in [0.2, 0.25) is 0 Å². The molecule has 1 amide bonds. The lowest BCUT2D eigenvalue weighted by Gasteiger charge is -2.34. The summed E-state index contributed by atoms with van der Waals surface area (Å²) < 4.78 is 53.9. The van der Waals surface area contributed by atoms with E-state index in [0.29, 0.717) is 12.2 Å². The quantitative estimate of drug-likeness (QED) is 0.502. The van der Waals surface area contributed by atoms with Crippen LogP contribution < -0.4 is 5.32 Å². The lowest BCUT2D eigenvalue weighted by Crippen LogP contribution is -2.38. The van der Waals surface area contributed by atoms with Crippen LogP contribution in [0.5, 0.6) is 0 Å². The molecule has 36 heavy (non-hydrogen) atoms. The summed E-state index contributed by atoms with van der Waals surface area (Å²) in [6.45, 7) is 0.430. The Kier molecular flexibility index (Phi) is 7.55. The Hall–Kier alpha value is -3.12. The van der Waals surface area contributed by atoms with Crippen molar-refractivity contribution in [1.29, 1.82) is 0 Å². The van der Waals surface area contributed by atoms with E-state index in [2.05, 4.69) is 10.3 Å². The van der Waals surface area contributed by atoms with Gasteiger partial charge in [-0.2, -0.15) is 4.31 Å². The van der Waals surface area contributed by atoms with Crippen LogP contribution in [-0.4, -0.2) is 57.0 Å². The van der Waals surface area contributed by atoms with E-state index in [0.717, 1.165) is 29.1 Å². The normalized spacial score (nSPS) is 17.1. The van der Waals surface area contributed by atoms with Gasteiger partial charge in [0, 0.05) is 44.3 Å². The summed E-state index contributed by atoms with van der Waals surface area (Å²) >= 11 is 0. The van der Waals surface area contributed by atoms with Crippen molar-refractivity contribution in [3.8, 4) is 0 Å². The lowest BCUT2D eigenvalue weighted by molar-refractivity contribution is 0.102. The highest BCUT2D eigenvalue weighted by Crippen LogP contribution is 2.35. The number of nitrogens with one attached hydrogen (secondary N) is 1. The van der Waals surface area contributed by atoms with Gasteiger partial charge in [0.05, 0.1) is 15.8 Å². The van der Waals surface area contributed by atoms with E-state index in [-0.39, 0.29) is 21.4 Å². The molecule has 0 saturated carbocycles. The fraction of sp³-hybridized carbons (Fsp3) is 0.280. The average molecular weight is 529 g/mol. The van der Waals surface area contributed by atoms with Gasteiger partial charge < -0.3 is 5.32 Å². The molecule has 3 aromatic rings. The summed E-state index contributed by atoms with van der Waals surface area (Å²) in [6.07, 6.45) is 5.84. The van der Waals surface area contributed by atoms with Crippen LogP contribution in [0.4, 0.5) is 5.69 Å². The molecular weight excluding hydrogens is 500 g/mol. The van der Waals surface area contributed by atoms with E-state index in [1.807, 2.05) is 6.07 Å². The standard InChI is InChI=1S/C25H28N4O5S2/c1-28(2)35(31,32)22-12-8-19(9-13-22)25(30)27-21-10-14-23(15-11-21)36(33,34)29-17-4-3-7-24(29)20-6-5-16-26-18-20/h5-6,8-16,18,24H,3-4,7,17H2,1-2H3,(H,27,30). The highest BCUT2D eigenvalue weighted by Gasteiger charge is 2.34. The zero-order valence-electron chi connectivity index (χ0n) is 20.0. The second-order valence-corrected chi connectivity index (χ2v) is 12.7. The first-order valence-electron chi connectivity index (χ1n) is 11.5. The second-order valence-electron chi connectivity index (χ2n) is 8.70. The number of carbonyl (C=O) groups is 1. The average Bonchev–Trinajstić information content (AvgIpc) is 2.89. The van der Waals surface area contributed by atoms with Gasteiger partial charge >= 0.3 is 0 Å². The number of rotatable bonds is 7. The molecule has 0 bridgehead atoms. The molecule has 1 unspecified atom stereocenters. The number of piperidine rings is 1. The molecule has 2 aromatic carbocycles. The first-order chi connectivity index (χ1) is 17.1. The van der Waals surface area contributed by atoms with Crippen LogP contribution in [-0.2, 0) is 20.0 Å². The molecule has 0 spiro atoms. The minimum atomic E-state index is -3.75. The molecule has 4 rings (SSSR count). The first kappa shape index (κ1) is 26.0. The number of anilines is 1. The molecule has 0 radical (unpaired) electrons. The monoisotopic (exact) mass is 528 g/mol. The molecule has 1 aliphatic heterocycles. The van der Waals surface area contributed by atoms with Crippen molar-refractivity contribution < 1.29 is 21.6 Å². The third-order valence-electron chi connectivity index (χ3n) is 6.14. The summed E-state index contributed by atoms with van der Waals surface area (Å²) in [5, 5.41) is 2.72. The number of pyridine rings is 1. The Morgan fingerprint density at radius 1 is 0.944 bits per heavy atom. The zero-order valence-corrected chi connectivity index (χ0v) is 21.7. The first-order valence-corrected chi connectivity index (χ1v) is 14.3. The Bertz CT molecular complexity index is 1420. The van der Waals surface area contributed by atoms with Crippen LogP contribution in [0.3, 0.4) is 0 Å². The van der Waals surface area contributed by atoms with Crippen molar-refractivity contribution in [3.05, 3.63) is 84.2 Å². The van der Waals surface area contributed by atoms with Crippen molar-refractivity contribution in [2.75, 3.05) is 26.0 Å². The third-order valence-corrected chi connectivity index (χ3v) is 9.89. The minimum absolute atomic E-state index is 0.0842. The van der Waals surface area contributed by atoms with E-state index in [9.17, 15) is 21.6 Å². The Morgan fingerprint density at radius 3 is 2.22 bits per heavy atom. The van der Waals surface area contributed by atoms with Gasteiger partial charge in [0.2, 0.25) is 20.0 Å². The maximum Gasteiger partial charge on any atom is 0.255 e. The van der Waals surface area contributed by atoms with E-state index in [1.54, 1.807) is 30.6 Å². The van der Waals surface area contributed by atoms with Crippen LogP contribution >= 0.6 is 0 Å². The number of hydrogen-bond acceptors (Lipinski definition) is 6. The maximum absolute atomic E-state index is 13.5. The fourth-order valence-corrected chi connectivity index (χ4v) is 6.72. The summed E-state index contributed by atoms with van der Waals surface area (Å²) in [6, 6.07) is 15.1. The van der Waals surface area contributed by atoms with Crippen LogP contribution in [0.15, 0.2) is 82.8 Å². The van der Waals surface area contributed by atoms with Crippen molar-refractivity contribution in [2.24, 2.45) is 0 Å². The molecule has 1 saturated heterocycles. The van der Waals surface area contributed by atoms with E-state index in [1.165, 1.54) is 54.8 Å². The molecule has 1 aromatic heterocycles. The highest BCUT2D eigenvalue weighted by molar-refractivity contribution is 7.89. The SMILES string of the molecule is CN(C)S(=O)(=O)c1ccc(C(=O)Nc2ccc(S(=O)(=O)N3CCCCC3c3cccnc3)cc2)cc1. The van der Waals surface area contributed by atoms with Gasteiger partial charge in [-0.05, 0) is 73.0 Å². The van der Waals surface area contributed by atoms with Gasteiger partial charge in [0.15, 0.2) is 0 Å². The van der Waals surface area contributed by atoms with Crippen molar-refractivity contribution in [2.45, 2.75) is 35.1 Å². The van der Waals surface area contributed by atoms with Gasteiger partial charge in [-0.1, -0.05) is 12.5 Å². The maximum atomic E-state index is 13.5. The summed E-state index contributed by atoms with van der Waals surface area (Å²) in [7, 11) is -4.47. The molecule has 190 valence electrons. The predicted octanol–water partition coefficient (Wildman–Crippen LogP) is 3.50. The number of aromatic nitrogens is 1. The van der Waals surface area contributed by atoms with Crippen LogP contribution in [0.1, 0.15) is 41.2 Å². The molecule has 11 heteroatoms. The molecule has 0 aliphatic carbocycles. The van der Waals surface area contributed by atoms with E-state index < -0.39 is 26.0 Å². The largest absolute Gasteiger partial charge is 0.322 e. The van der Waals surface area contributed by atoms with E-state index >= 15 is 0 Å². The summed E-state index contributed by atoms with van der Waals surface area (Å²) in [5.41, 5.74) is 1.57. The molecule has 2 heterocycles. The van der Waals surface area contributed by atoms with Gasteiger partial charge in [-0.15, -0.1) is 0 Å². The van der Waals surface area contributed by atoms with E-state index in [4.69, 9.17) is 0 Å². The number of hydrogen-bond donors (Lipinski definition) is 1. The molecule has 1 aliphatic rings. The zero-order chi connectivity index (χ0) is 25.9. The number of nitrogens with zero attached hydrogens (tertiary/aromatic N) is 3. The predicted molar refractivity (Wildman–Crippen MR) is 136 cm³/mol. The number of sulfonamides is 2. The molecule has 9 nitrogen and oxygen atoms in total. The van der Waals surface area contributed by atoms with Gasteiger partial charge in [-0.25, -0.2) is 21.1 Å². The van der Waals surface area contributed by atoms with Crippen LogP contribution in [0.25, 0.3) is 0 Å². The van der Waals surface area contributed by atoms with Crippen molar-refractivity contribution in [3.63, 3.8) is 0 Å². The minimum Gasteiger partial charge on any atom is -0.322 e. The molecule has 1 N–H and O–H groups in total. The fourth-order valence-electron chi connectivity index (χ4n) is 4.14. The summed E-state index contributed by atoms with van der Waals surface area (Å²) in [4.78, 5) is 17.0. The third kappa shape index (κ3) is 5.34. The van der Waals surface area contributed by atoms with Crippen molar-refractivity contribution in [1.82, 2.24) is 13.6 Å². The highest BCUT2D eigenvalue weighted by atomic mass is 32.2. The molecule has 1 atom stereocenters. The number of amides is 1. The molecular formula is C25H28N4O5S2. The number of carbonyl (C=O) groups excluding carboxylic acids is 1. The Balaban J connectivity index is 1.49. The Labute approximate surface area is 211 Å². The topological polar surface area (TPSA) is 117 Å². The van der Waals surface area contributed by atoms with Crippen molar-refractivity contribution >= 4 is 31.6 Å². The van der Waals surface area contributed by atoms with Crippen LogP contribution in [0, 0.1) is 0 Å². The second kappa shape index (κ2) is 10.5. The molecule has 1 fully saturated rings. The van der Waals surface area contributed by atoms with Gasteiger partial charge in [0.25, 0.3) is 5.91 Å². The Morgan fingerprint density at radius 2 is 1.61 bits per heavy atom. The smallest absolute Gasteiger partial charge is 0.255 e. The van der Waals surface area contributed by atoms with Gasteiger partial charge in [-0.3, -0.25) is 9.78 Å².